The molecule has 5 heteroatoms. The van der Waals surface area contributed by atoms with E-state index in [-0.39, 0.29) is 0 Å². The first-order chi connectivity index (χ1) is 7.86. The van der Waals surface area contributed by atoms with Gasteiger partial charge in [0.1, 0.15) is 12.1 Å². The molecule has 0 saturated carbocycles. The Morgan fingerprint density at radius 1 is 1.31 bits per heavy atom. The van der Waals surface area contributed by atoms with Gasteiger partial charge in [-0.25, -0.2) is 9.97 Å². The molecule has 0 aliphatic rings. The molecule has 5 nitrogen and oxygen atoms in total. The summed E-state index contributed by atoms with van der Waals surface area (Å²) in [6, 6.07) is 1.77. The minimum absolute atomic E-state index is 0.569. The molecule has 1 rings (SSSR count). The molecule has 1 heterocycles. The fraction of sp³-hybridized carbons (Fsp3) is 0.636. The number of ether oxygens (including phenoxy) is 2. The summed E-state index contributed by atoms with van der Waals surface area (Å²) in [6.07, 6.45) is 3.51. The molecular weight excluding hydrogens is 206 g/mol. The second kappa shape index (κ2) is 7.87. The molecular formula is C11H19N3O2. The zero-order valence-corrected chi connectivity index (χ0v) is 9.90. The van der Waals surface area contributed by atoms with Gasteiger partial charge in [0.2, 0.25) is 5.88 Å². The van der Waals surface area contributed by atoms with Crippen LogP contribution in [0.15, 0.2) is 12.4 Å². The Hall–Kier alpha value is -1.36. The summed E-state index contributed by atoms with van der Waals surface area (Å²) >= 11 is 0. The number of nitrogens with one attached hydrogen (secondary N) is 1. The fourth-order valence-electron chi connectivity index (χ4n) is 1.18. The van der Waals surface area contributed by atoms with Crippen LogP contribution in [-0.2, 0) is 4.74 Å². The number of nitrogens with zero attached hydrogens (tertiary/aromatic N) is 2. The molecule has 0 amide bonds. The number of hydrogen-bond acceptors (Lipinski definition) is 5. The van der Waals surface area contributed by atoms with Crippen LogP contribution in [0.3, 0.4) is 0 Å². The van der Waals surface area contributed by atoms with Gasteiger partial charge in [0, 0.05) is 25.8 Å². The van der Waals surface area contributed by atoms with Crippen molar-refractivity contribution in [2.24, 2.45) is 0 Å². The number of hydrogen-bond donors (Lipinski definition) is 1. The molecule has 1 aromatic heterocycles. The zero-order chi connectivity index (χ0) is 11.6. The van der Waals surface area contributed by atoms with Crippen molar-refractivity contribution in [2.75, 3.05) is 32.2 Å². The average molecular weight is 225 g/mol. The monoisotopic (exact) mass is 225 g/mol. The summed E-state index contributed by atoms with van der Waals surface area (Å²) in [7, 11) is 1.59. The van der Waals surface area contributed by atoms with Crippen molar-refractivity contribution in [2.45, 2.75) is 19.8 Å². The van der Waals surface area contributed by atoms with Gasteiger partial charge in [-0.1, -0.05) is 6.92 Å². The maximum absolute atomic E-state index is 5.37. The van der Waals surface area contributed by atoms with Crippen molar-refractivity contribution in [3.8, 4) is 5.88 Å². The Kier molecular flexibility index (Phi) is 6.25. The van der Waals surface area contributed by atoms with Crippen molar-refractivity contribution in [3.05, 3.63) is 12.4 Å². The molecule has 1 aromatic rings. The van der Waals surface area contributed by atoms with Gasteiger partial charge in [-0.2, -0.15) is 0 Å². The van der Waals surface area contributed by atoms with E-state index in [9.17, 15) is 0 Å². The first kappa shape index (κ1) is 12.7. The summed E-state index contributed by atoms with van der Waals surface area (Å²) in [5.41, 5.74) is 0. The minimum Gasteiger partial charge on any atom is -0.481 e. The smallest absolute Gasteiger partial charge is 0.218 e. The third-order valence-corrected chi connectivity index (χ3v) is 1.97. The first-order valence-electron chi connectivity index (χ1n) is 5.54. The summed E-state index contributed by atoms with van der Waals surface area (Å²) in [4.78, 5) is 8.01. The Morgan fingerprint density at radius 2 is 2.19 bits per heavy atom. The molecule has 0 aliphatic heterocycles. The molecule has 0 aliphatic carbocycles. The van der Waals surface area contributed by atoms with Crippen LogP contribution in [0.5, 0.6) is 5.88 Å². The largest absolute Gasteiger partial charge is 0.481 e. The topological polar surface area (TPSA) is 56.3 Å². The lowest BCUT2D eigenvalue weighted by Crippen LogP contribution is -2.07. The van der Waals surface area contributed by atoms with E-state index >= 15 is 0 Å². The van der Waals surface area contributed by atoms with Gasteiger partial charge in [0.05, 0.1) is 7.11 Å². The Balaban J connectivity index is 2.16. The lowest BCUT2D eigenvalue weighted by molar-refractivity contribution is 0.134. The molecule has 0 saturated heterocycles. The molecule has 0 atom stereocenters. The maximum atomic E-state index is 5.37. The molecule has 0 bridgehead atoms. The van der Waals surface area contributed by atoms with E-state index in [0.717, 1.165) is 38.4 Å². The van der Waals surface area contributed by atoms with Crippen LogP contribution in [0.1, 0.15) is 19.8 Å². The second-order valence-electron chi connectivity index (χ2n) is 3.34. The first-order valence-corrected chi connectivity index (χ1v) is 5.54. The predicted octanol–water partition coefficient (Wildman–Crippen LogP) is 1.71. The summed E-state index contributed by atoms with van der Waals surface area (Å²) in [5.74, 6) is 1.35. The molecule has 1 N–H and O–H groups in total. The van der Waals surface area contributed by atoms with Crippen LogP contribution >= 0.6 is 0 Å². The Bertz CT molecular complexity index is 294. The fourth-order valence-corrected chi connectivity index (χ4v) is 1.18. The third-order valence-electron chi connectivity index (χ3n) is 1.97. The quantitative estimate of drug-likeness (QED) is 0.683. The van der Waals surface area contributed by atoms with Crippen LogP contribution in [-0.4, -0.2) is 36.8 Å². The Labute approximate surface area is 96.2 Å². The van der Waals surface area contributed by atoms with Crippen LogP contribution in [0.25, 0.3) is 0 Å². The molecule has 0 spiro atoms. The summed E-state index contributed by atoms with van der Waals surface area (Å²) < 4.78 is 10.4. The maximum Gasteiger partial charge on any atom is 0.218 e. The van der Waals surface area contributed by atoms with Gasteiger partial charge in [-0.15, -0.1) is 0 Å². The number of rotatable bonds is 8. The van der Waals surface area contributed by atoms with Gasteiger partial charge in [0.15, 0.2) is 0 Å². The molecule has 0 radical (unpaired) electrons. The summed E-state index contributed by atoms with van der Waals surface area (Å²) in [5, 5.41) is 3.19. The normalized spacial score (nSPS) is 10.1. The number of aromatic nitrogens is 2. The molecule has 90 valence electrons. The van der Waals surface area contributed by atoms with E-state index < -0.39 is 0 Å². The zero-order valence-electron chi connectivity index (χ0n) is 9.90. The van der Waals surface area contributed by atoms with Gasteiger partial charge in [0.25, 0.3) is 0 Å². The highest BCUT2D eigenvalue weighted by molar-refractivity contribution is 5.36. The van der Waals surface area contributed by atoms with Gasteiger partial charge < -0.3 is 14.8 Å². The van der Waals surface area contributed by atoms with Crippen LogP contribution in [0.4, 0.5) is 5.82 Å². The predicted molar refractivity (Wildman–Crippen MR) is 62.8 cm³/mol. The van der Waals surface area contributed by atoms with Crippen molar-refractivity contribution < 1.29 is 9.47 Å². The molecule has 0 aromatic carbocycles. The highest BCUT2D eigenvalue weighted by atomic mass is 16.5. The highest BCUT2D eigenvalue weighted by Crippen LogP contribution is 2.09. The number of anilines is 1. The van der Waals surface area contributed by atoms with Gasteiger partial charge in [-0.05, 0) is 12.8 Å². The highest BCUT2D eigenvalue weighted by Gasteiger charge is 1.97. The van der Waals surface area contributed by atoms with E-state index in [4.69, 9.17) is 9.47 Å². The van der Waals surface area contributed by atoms with Gasteiger partial charge in [-0.3, -0.25) is 0 Å². The van der Waals surface area contributed by atoms with Crippen molar-refractivity contribution in [3.63, 3.8) is 0 Å². The van der Waals surface area contributed by atoms with Crippen LogP contribution < -0.4 is 10.1 Å². The minimum atomic E-state index is 0.569. The van der Waals surface area contributed by atoms with Crippen LogP contribution in [0.2, 0.25) is 0 Å². The molecule has 0 fully saturated rings. The SMILES string of the molecule is CCCOCCCNc1cc(OC)ncn1. The van der Waals surface area contributed by atoms with Crippen LogP contribution in [0, 0.1) is 0 Å². The van der Waals surface area contributed by atoms with E-state index in [1.807, 2.05) is 0 Å². The van der Waals surface area contributed by atoms with E-state index in [2.05, 4.69) is 22.2 Å². The number of methoxy groups -OCH3 is 1. The second-order valence-corrected chi connectivity index (χ2v) is 3.34. The van der Waals surface area contributed by atoms with Crippen molar-refractivity contribution in [1.82, 2.24) is 9.97 Å². The summed E-state index contributed by atoms with van der Waals surface area (Å²) in [6.45, 7) is 4.56. The van der Waals surface area contributed by atoms with Crippen molar-refractivity contribution in [1.29, 1.82) is 0 Å². The Morgan fingerprint density at radius 3 is 2.94 bits per heavy atom. The molecule has 16 heavy (non-hydrogen) atoms. The van der Waals surface area contributed by atoms with E-state index in [0.29, 0.717) is 5.88 Å². The standard InChI is InChI=1S/C11H19N3O2/c1-3-6-16-7-4-5-12-10-8-11(15-2)14-9-13-10/h8-9H,3-7H2,1-2H3,(H,12,13,14). The van der Waals surface area contributed by atoms with E-state index in [1.54, 1.807) is 13.2 Å². The van der Waals surface area contributed by atoms with Gasteiger partial charge >= 0.3 is 0 Å². The third kappa shape index (κ3) is 4.93. The lowest BCUT2D eigenvalue weighted by atomic mass is 10.4. The lowest BCUT2D eigenvalue weighted by Gasteiger charge is -2.06. The van der Waals surface area contributed by atoms with E-state index in [1.165, 1.54) is 6.33 Å². The molecule has 0 unspecified atom stereocenters. The average Bonchev–Trinajstić information content (AvgIpc) is 2.34. The van der Waals surface area contributed by atoms with Crippen molar-refractivity contribution >= 4 is 5.82 Å².